The molecule has 0 amide bonds. The summed E-state index contributed by atoms with van der Waals surface area (Å²) in [5.74, 6) is 1.58. The molecule has 1 saturated heterocycles. The number of fused-ring (bicyclic) bond motifs is 1. The van der Waals surface area contributed by atoms with Crippen molar-refractivity contribution in [1.82, 2.24) is 24.7 Å². The van der Waals surface area contributed by atoms with Crippen LogP contribution in [0.15, 0.2) is 53.3 Å². The lowest BCUT2D eigenvalue weighted by Gasteiger charge is -2.31. The Balaban J connectivity index is 1.40. The van der Waals surface area contributed by atoms with Gasteiger partial charge >= 0.3 is 0 Å². The average molecular weight is 388 g/mol. The highest BCUT2D eigenvalue weighted by Crippen LogP contribution is 2.28. The molecule has 4 heterocycles. The molecule has 0 bridgehead atoms. The first-order chi connectivity index (χ1) is 14.2. The van der Waals surface area contributed by atoms with Crippen LogP contribution in [0.5, 0.6) is 0 Å². The predicted molar refractivity (Wildman–Crippen MR) is 108 cm³/mol. The van der Waals surface area contributed by atoms with Crippen LogP contribution in [-0.2, 0) is 7.05 Å². The predicted octanol–water partition coefficient (Wildman–Crippen LogP) is 3.12. The summed E-state index contributed by atoms with van der Waals surface area (Å²) in [7, 11) is 1.84. The van der Waals surface area contributed by atoms with Crippen molar-refractivity contribution < 1.29 is 9.21 Å². The van der Waals surface area contributed by atoms with E-state index in [0.717, 1.165) is 30.4 Å². The molecular formula is C21H20N6O2. The molecule has 1 aromatic carbocycles. The SMILES string of the molecule is Cn1ccnc1C(=O)C1CCCN(c2nncc(-c3cc4ccccc4o3)n2)C1. The van der Waals surface area contributed by atoms with Gasteiger partial charge in [0, 0.05) is 43.8 Å². The van der Waals surface area contributed by atoms with Crippen molar-refractivity contribution in [1.29, 1.82) is 0 Å². The lowest BCUT2D eigenvalue weighted by atomic mass is 9.93. The number of hydrogen-bond donors (Lipinski definition) is 0. The molecule has 0 radical (unpaired) electrons. The molecule has 0 aliphatic carbocycles. The summed E-state index contributed by atoms with van der Waals surface area (Å²) in [4.78, 5) is 23.8. The Kier molecular flexibility index (Phi) is 4.31. The van der Waals surface area contributed by atoms with E-state index >= 15 is 0 Å². The van der Waals surface area contributed by atoms with E-state index in [4.69, 9.17) is 4.42 Å². The number of carbonyl (C=O) groups excluding carboxylic acids is 1. The smallest absolute Gasteiger partial charge is 0.246 e. The van der Waals surface area contributed by atoms with Gasteiger partial charge in [-0.05, 0) is 25.0 Å². The van der Waals surface area contributed by atoms with Crippen molar-refractivity contribution >= 4 is 22.7 Å². The molecular weight excluding hydrogens is 368 g/mol. The summed E-state index contributed by atoms with van der Waals surface area (Å²) in [6.45, 7) is 1.34. The zero-order valence-electron chi connectivity index (χ0n) is 16.0. The van der Waals surface area contributed by atoms with Gasteiger partial charge in [-0.15, -0.1) is 5.10 Å². The van der Waals surface area contributed by atoms with E-state index in [-0.39, 0.29) is 11.7 Å². The van der Waals surface area contributed by atoms with Crippen LogP contribution in [-0.4, -0.2) is 43.6 Å². The second-order valence-corrected chi connectivity index (χ2v) is 7.30. The topological polar surface area (TPSA) is 89.9 Å². The van der Waals surface area contributed by atoms with E-state index in [0.29, 0.717) is 29.8 Å². The number of hydrogen-bond acceptors (Lipinski definition) is 7. The van der Waals surface area contributed by atoms with Crippen molar-refractivity contribution in [3.8, 4) is 11.5 Å². The van der Waals surface area contributed by atoms with Gasteiger partial charge in [-0.1, -0.05) is 18.2 Å². The van der Waals surface area contributed by atoms with Crippen molar-refractivity contribution in [3.63, 3.8) is 0 Å². The molecule has 1 aliphatic heterocycles. The quantitative estimate of drug-likeness (QED) is 0.496. The third-order valence-corrected chi connectivity index (χ3v) is 5.34. The maximum Gasteiger partial charge on any atom is 0.246 e. The van der Waals surface area contributed by atoms with Gasteiger partial charge in [-0.3, -0.25) is 4.79 Å². The number of furan rings is 1. The minimum absolute atomic E-state index is 0.0589. The third kappa shape index (κ3) is 3.26. The van der Waals surface area contributed by atoms with Crippen molar-refractivity contribution in [2.45, 2.75) is 12.8 Å². The van der Waals surface area contributed by atoms with Gasteiger partial charge in [0.25, 0.3) is 0 Å². The number of Topliss-reactive ketones (excluding diaryl/α,β-unsaturated/α-hetero) is 1. The second kappa shape index (κ2) is 7.12. The Morgan fingerprint density at radius 1 is 1.28 bits per heavy atom. The van der Waals surface area contributed by atoms with Crippen LogP contribution in [0, 0.1) is 5.92 Å². The first-order valence-electron chi connectivity index (χ1n) is 9.64. The fraction of sp³-hybridized carbons (Fsp3) is 0.286. The Hall–Kier alpha value is -3.55. The van der Waals surface area contributed by atoms with E-state index < -0.39 is 0 Å². The van der Waals surface area contributed by atoms with Crippen molar-refractivity contribution in [3.05, 3.63) is 54.7 Å². The van der Waals surface area contributed by atoms with Crippen LogP contribution in [0.4, 0.5) is 5.95 Å². The van der Waals surface area contributed by atoms with Crippen molar-refractivity contribution in [2.24, 2.45) is 13.0 Å². The monoisotopic (exact) mass is 388 g/mol. The van der Waals surface area contributed by atoms with Gasteiger partial charge in [-0.2, -0.15) is 5.10 Å². The molecule has 5 rings (SSSR count). The van der Waals surface area contributed by atoms with Crippen LogP contribution in [0.2, 0.25) is 0 Å². The molecule has 8 nitrogen and oxygen atoms in total. The number of benzene rings is 1. The highest BCUT2D eigenvalue weighted by Gasteiger charge is 2.30. The Labute approximate surface area is 167 Å². The van der Waals surface area contributed by atoms with E-state index in [9.17, 15) is 4.79 Å². The molecule has 0 spiro atoms. The summed E-state index contributed by atoms with van der Waals surface area (Å²) >= 11 is 0. The molecule has 3 aromatic heterocycles. The van der Waals surface area contributed by atoms with Crippen molar-refractivity contribution in [2.75, 3.05) is 18.0 Å². The Morgan fingerprint density at radius 2 is 2.17 bits per heavy atom. The molecule has 1 unspecified atom stereocenters. The number of piperidine rings is 1. The standard InChI is InChI=1S/C21H20N6O2/c1-26-10-8-22-20(26)19(28)15-6-4-9-27(13-15)21-24-16(12-23-25-21)18-11-14-5-2-3-7-17(14)29-18/h2-3,5,7-8,10-12,15H,4,6,9,13H2,1H3. The van der Waals surface area contributed by atoms with Gasteiger partial charge in [0.1, 0.15) is 11.3 Å². The number of nitrogens with zero attached hydrogens (tertiary/aromatic N) is 6. The Morgan fingerprint density at radius 3 is 3.00 bits per heavy atom. The molecule has 0 N–H and O–H groups in total. The van der Waals surface area contributed by atoms with Gasteiger partial charge < -0.3 is 13.9 Å². The second-order valence-electron chi connectivity index (χ2n) is 7.30. The highest BCUT2D eigenvalue weighted by molar-refractivity contribution is 5.95. The zero-order valence-corrected chi connectivity index (χ0v) is 16.0. The average Bonchev–Trinajstić information content (AvgIpc) is 3.39. The lowest BCUT2D eigenvalue weighted by molar-refractivity contribution is 0.0893. The molecule has 0 saturated carbocycles. The minimum atomic E-state index is -0.136. The molecule has 1 atom stereocenters. The summed E-state index contributed by atoms with van der Waals surface area (Å²) in [5.41, 5.74) is 1.44. The number of rotatable bonds is 4. The fourth-order valence-electron chi connectivity index (χ4n) is 3.81. The molecule has 8 heteroatoms. The van der Waals surface area contributed by atoms with Gasteiger partial charge in [0.05, 0.1) is 6.20 Å². The van der Waals surface area contributed by atoms with Crippen LogP contribution in [0.3, 0.4) is 0 Å². The third-order valence-electron chi connectivity index (χ3n) is 5.34. The summed E-state index contributed by atoms with van der Waals surface area (Å²) in [5, 5.41) is 9.35. The summed E-state index contributed by atoms with van der Waals surface area (Å²) < 4.78 is 7.67. The highest BCUT2D eigenvalue weighted by atomic mass is 16.3. The minimum Gasteiger partial charge on any atom is -0.454 e. The van der Waals surface area contributed by atoms with Crippen LogP contribution in [0.1, 0.15) is 23.5 Å². The van der Waals surface area contributed by atoms with Gasteiger partial charge in [0.15, 0.2) is 11.6 Å². The number of aromatic nitrogens is 5. The van der Waals surface area contributed by atoms with Crippen LogP contribution in [0.25, 0.3) is 22.4 Å². The van der Waals surface area contributed by atoms with E-state index in [1.165, 1.54) is 0 Å². The number of ketones is 1. The molecule has 146 valence electrons. The van der Waals surface area contributed by atoms with Gasteiger partial charge in [-0.25, -0.2) is 9.97 Å². The molecule has 1 aliphatic rings. The maximum absolute atomic E-state index is 12.9. The molecule has 1 fully saturated rings. The number of para-hydroxylation sites is 1. The first-order valence-corrected chi connectivity index (χ1v) is 9.64. The van der Waals surface area contributed by atoms with E-state index in [1.54, 1.807) is 23.2 Å². The fourth-order valence-corrected chi connectivity index (χ4v) is 3.81. The van der Waals surface area contributed by atoms with Crippen LogP contribution >= 0.6 is 0 Å². The number of imidazole rings is 1. The van der Waals surface area contributed by atoms with E-state index in [1.807, 2.05) is 42.3 Å². The number of carbonyl (C=O) groups is 1. The molecule has 29 heavy (non-hydrogen) atoms. The maximum atomic E-state index is 12.9. The molecule has 4 aromatic rings. The summed E-state index contributed by atoms with van der Waals surface area (Å²) in [6.07, 6.45) is 6.76. The largest absolute Gasteiger partial charge is 0.454 e. The van der Waals surface area contributed by atoms with E-state index in [2.05, 4.69) is 20.2 Å². The zero-order chi connectivity index (χ0) is 19.8. The number of anilines is 1. The van der Waals surface area contributed by atoms with Crippen LogP contribution < -0.4 is 4.90 Å². The number of aryl methyl sites for hydroxylation is 1. The lowest BCUT2D eigenvalue weighted by Crippen LogP contribution is -2.40. The first kappa shape index (κ1) is 17.5. The van der Waals surface area contributed by atoms with Gasteiger partial charge in [0.2, 0.25) is 11.7 Å². The Bertz CT molecular complexity index is 1150. The normalized spacial score (nSPS) is 17.0. The summed E-state index contributed by atoms with van der Waals surface area (Å²) in [6, 6.07) is 9.78.